The number of aliphatic hydroxyl groups is 1. The molecule has 42 heavy (non-hydrogen) atoms. The van der Waals surface area contributed by atoms with Crippen LogP contribution in [-0.4, -0.2) is 23.2 Å². The number of amides is 1. The van der Waals surface area contributed by atoms with Crippen LogP contribution in [0.15, 0.2) is 83.3 Å². The molecule has 3 aromatic carbocycles. The number of furan rings is 1. The maximum Gasteiger partial charge on any atom is 0.253 e. The predicted octanol–water partition coefficient (Wildman–Crippen LogP) is 7.38. The second-order valence-corrected chi connectivity index (χ2v) is 11.7. The van der Waals surface area contributed by atoms with Crippen LogP contribution in [0.1, 0.15) is 71.6 Å². The zero-order valence-corrected chi connectivity index (χ0v) is 25.3. The first-order chi connectivity index (χ1) is 20.1. The van der Waals surface area contributed by atoms with Crippen LogP contribution in [0.3, 0.4) is 0 Å². The molecule has 1 heterocycles. The van der Waals surface area contributed by atoms with Crippen molar-refractivity contribution in [1.29, 1.82) is 5.26 Å². The molecule has 0 aliphatic carbocycles. The van der Waals surface area contributed by atoms with Crippen LogP contribution in [0, 0.1) is 24.2 Å². The first kappa shape index (κ1) is 31.1. The third kappa shape index (κ3) is 8.33. The first-order valence-corrected chi connectivity index (χ1v) is 14.7. The minimum atomic E-state index is -0.756. The summed E-state index contributed by atoms with van der Waals surface area (Å²) in [6.07, 6.45) is 0.188. The first-order valence-electron chi connectivity index (χ1n) is 14.3. The van der Waals surface area contributed by atoms with Crippen molar-refractivity contribution in [3.63, 3.8) is 0 Å². The second-order valence-electron chi connectivity index (χ2n) is 11.3. The Labute approximate surface area is 253 Å². The number of carbonyl (C=O) groups excluding carboxylic acids is 1. The summed E-state index contributed by atoms with van der Waals surface area (Å²) in [7, 11) is 0. The summed E-state index contributed by atoms with van der Waals surface area (Å²) in [6.45, 7) is 8.80. The van der Waals surface area contributed by atoms with Crippen LogP contribution >= 0.6 is 11.6 Å². The predicted molar refractivity (Wildman–Crippen MR) is 167 cm³/mol. The van der Waals surface area contributed by atoms with Crippen molar-refractivity contribution in [3.8, 4) is 17.4 Å². The molecule has 0 aliphatic heterocycles. The molecule has 1 aromatic heterocycles. The average molecular weight is 584 g/mol. The van der Waals surface area contributed by atoms with Gasteiger partial charge in [0.15, 0.2) is 0 Å². The number of hydrogen-bond donors (Lipinski definition) is 3. The van der Waals surface area contributed by atoms with E-state index in [1.54, 1.807) is 24.3 Å². The maximum absolute atomic E-state index is 13.5. The Morgan fingerprint density at radius 2 is 1.71 bits per heavy atom. The van der Waals surface area contributed by atoms with E-state index in [0.29, 0.717) is 41.3 Å². The Kier molecular flexibility index (Phi) is 10.6. The summed E-state index contributed by atoms with van der Waals surface area (Å²) in [5.41, 5.74) is 4.94. The number of hydrogen-bond acceptors (Lipinski definition) is 5. The zero-order chi connectivity index (χ0) is 30.2. The fraction of sp³-hybridized carbons (Fsp3) is 0.314. The molecule has 0 aliphatic rings. The molecule has 1 amide bonds. The molecule has 0 spiro atoms. The highest BCUT2D eigenvalue weighted by Crippen LogP contribution is 2.28. The van der Waals surface area contributed by atoms with Gasteiger partial charge in [-0.25, -0.2) is 0 Å². The van der Waals surface area contributed by atoms with Gasteiger partial charge in [0.05, 0.1) is 40.9 Å². The van der Waals surface area contributed by atoms with Crippen LogP contribution in [0.4, 0.5) is 0 Å². The monoisotopic (exact) mass is 583 g/mol. The van der Waals surface area contributed by atoms with Crippen molar-refractivity contribution < 1.29 is 14.3 Å². The molecule has 4 aromatic rings. The smallest absolute Gasteiger partial charge is 0.253 e. The van der Waals surface area contributed by atoms with Gasteiger partial charge < -0.3 is 20.2 Å². The average Bonchev–Trinajstić information content (AvgIpc) is 3.45. The Balaban J connectivity index is 1.47. The number of aryl methyl sites for hydroxylation is 1. The van der Waals surface area contributed by atoms with Crippen LogP contribution in [0.25, 0.3) is 11.3 Å². The highest BCUT2D eigenvalue weighted by molar-refractivity contribution is 6.34. The van der Waals surface area contributed by atoms with Gasteiger partial charge in [0.2, 0.25) is 0 Å². The van der Waals surface area contributed by atoms with Crippen LogP contribution < -0.4 is 10.6 Å². The van der Waals surface area contributed by atoms with Crippen molar-refractivity contribution in [3.05, 3.63) is 117 Å². The van der Waals surface area contributed by atoms with Gasteiger partial charge in [-0.3, -0.25) is 4.79 Å². The zero-order valence-electron chi connectivity index (χ0n) is 24.5. The topological polar surface area (TPSA) is 98.3 Å². The minimum Gasteiger partial charge on any atom is -0.460 e. The van der Waals surface area contributed by atoms with Crippen molar-refractivity contribution in [1.82, 2.24) is 10.6 Å². The molecule has 0 bridgehead atoms. The van der Waals surface area contributed by atoms with Gasteiger partial charge >= 0.3 is 0 Å². The summed E-state index contributed by atoms with van der Waals surface area (Å²) >= 11 is 6.48. The number of halogens is 1. The third-order valence-corrected chi connectivity index (χ3v) is 7.68. The maximum atomic E-state index is 13.5. The lowest BCUT2D eigenvalue weighted by Crippen LogP contribution is -2.45. The normalized spacial score (nSPS) is 13.4. The number of nitrogens with one attached hydrogen (secondary N) is 2. The molecule has 0 fully saturated rings. The highest BCUT2D eigenvalue weighted by Gasteiger charge is 2.25. The highest BCUT2D eigenvalue weighted by atomic mass is 35.5. The summed E-state index contributed by atoms with van der Waals surface area (Å²) in [6, 6.07) is 26.4. The molecule has 3 unspecified atom stereocenters. The van der Waals surface area contributed by atoms with Gasteiger partial charge in [-0.1, -0.05) is 67.4 Å². The lowest BCUT2D eigenvalue weighted by atomic mass is 9.94. The Hall–Kier alpha value is -3.89. The van der Waals surface area contributed by atoms with Gasteiger partial charge in [0.1, 0.15) is 11.5 Å². The van der Waals surface area contributed by atoms with E-state index in [1.165, 1.54) is 11.1 Å². The van der Waals surface area contributed by atoms with E-state index in [4.69, 9.17) is 21.3 Å². The van der Waals surface area contributed by atoms with Gasteiger partial charge in [-0.05, 0) is 86.2 Å². The van der Waals surface area contributed by atoms with E-state index in [-0.39, 0.29) is 17.9 Å². The Morgan fingerprint density at radius 3 is 2.38 bits per heavy atom. The van der Waals surface area contributed by atoms with Gasteiger partial charge in [0.25, 0.3) is 5.91 Å². The molecule has 6 nitrogen and oxygen atoms in total. The lowest BCUT2D eigenvalue weighted by Gasteiger charge is -2.26. The molecule has 218 valence electrons. The quantitative estimate of drug-likeness (QED) is 0.162. The second kappa shape index (κ2) is 14.3. The van der Waals surface area contributed by atoms with Gasteiger partial charge in [-0.15, -0.1) is 0 Å². The fourth-order valence-corrected chi connectivity index (χ4v) is 5.06. The minimum absolute atomic E-state index is 0.160. The number of nitriles is 1. The molecule has 0 saturated heterocycles. The molecule has 0 radical (unpaired) electrons. The number of benzene rings is 3. The van der Waals surface area contributed by atoms with Crippen molar-refractivity contribution >= 4 is 17.5 Å². The summed E-state index contributed by atoms with van der Waals surface area (Å²) < 4.78 is 6.11. The molecule has 7 heteroatoms. The fourth-order valence-electron chi connectivity index (χ4n) is 4.85. The van der Waals surface area contributed by atoms with E-state index < -0.39 is 12.1 Å². The number of carbonyl (C=O) groups is 1. The molecule has 0 saturated carbocycles. The molecule has 3 atom stereocenters. The summed E-state index contributed by atoms with van der Waals surface area (Å²) in [5, 5.41) is 26.9. The SMILES string of the molecule is Cc1ccc(C(C)NCc2ccc(-c3ccc(Cl)c(C(=O)NC(Cc4ccc(C#N)cc4)C(O)CC(C)C)c3)o2)cc1. The number of rotatable bonds is 12. The Morgan fingerprint density at radius 1 is 1.00 bits per heavy atom. The molecule has 4 rings (SSSR count). The summed E-state index contributed by atoms with van der Waals surface area (Å²) in [5.74, 6) is 1.29. The van der Waals surface area contributed by atoms with Crippen molar-refractivity contribution in [2.75, 3.05) is 0 Å². The molecular weight excluding hydrogens is 546 g/mol. The Bertz CT molecular complexity index is 1520. The third-order valence-electron chi connectivity index (χ3n) is 7.35. The largest absolute Gasteiger partial charge is 0.460 e. The van der Waals surface area contributed by atoms with E-state index in [1.807, 2.05) is 44.2 Å². The molecular formula is C35H38ClN3O3. The van der Waals surface area contributed by atoms with E-state index in [0.717, 1.165) is 16.9 Å². The standard InChI is InChI=1S/C35H38ClN3O3/c1-22(2)17-33(40)32(18-25-7-9-26(20-37)10-8-25)39-35(41)30-19-28(13-15-31(30)36)34-16-14-29(42-34)21-38-24(4)27-11-5-23(3)6-12-27/h5-16,19,22,24,32-33,38,40H,17-18,21H2,1-4H3,(H,39,41). The lowest BCUT2D eigenvalue weighted by molar-refractivity contribution is 0.0780. The molecule has 3 N–H and O–H groups in total. The van der Waals surface area contributed by atoms with Crippen LogP contribution in [-0.2, 0) is 13.0 Å². The van der Waals surface area contributed by atoms with Crippen LogP contribution in [0.2, 0.25) is 5.02 Å². The van der Waals surface area contributed by atoms with E-state index >= 15 is 0 Å². The van der Waals surface area contributed by atoms with E-state index in [9.17, 15) is 9.90 Å². The van der Waals surface area contributed by atoms with Gasteiger partial charge in [0, 0.05) is 11.6 Å². The van der Waals surface area contributed by atoms with Gasteiger partial charge in [-0.2, -0.15) is 5.26 Å². The number of aliphatic hydroxyl groups excluding tert-OH is 1. The van der Waals surface area contributed by atoms with Crippen molar-refractivity contribution in [2.24, 2.45) is 5.92 Å². The van der Waals surface area contributed by atoms with Crippen LogP contribution in [0.5, 0.6) is 0 Å². The van der Waals surface area contributed by atoms with Crippen molar-refractivity contribution in [2.45, 2.75) is 65.3 Å². The summed E-state index contributed by atoms with van der Waals surface area (Å²) in [4.78, 5) is 13.5. The number of nitrogens with zero attached hydrogens (tertiary/aromatic N) is 1. The van der Waals surface area contributed by atoms with E-state index in [2.05, 4.69) is 54.8 Å².